The first-order valence-corrected chi connectivity index (χ1v) is 6.64. The standard InChI is InChI=1S/C15H24O3/c1-4-11-6-9-15(18-3)12(10-11)7-8-14(17)13(16)5-2/h6,9-10,13-14,16-17H,4-5,7-8H2,1-3H3. The van der Waals surface area contributed by atoms with Crippen molar-refractivity contribution in [2.24, 2.45) is 0 Å². The van der Waals surface area contributed by atoms with Gasteiger partial charge in [0.2, 0.25) is 0 Å². The maximum Gasteiger partial charge on any atom is 0.122 e. The summed E-state index contributed by atoms with van der Waals surface area (Å²) in [4.78, 5) is 0. The molecule has 0 bridgehead atoms. The SMILES string of the molecule is CCc1ccc(OC)c(CCC(O)C(O)CC)c1. The van der Waals surface area contributed by atoms with Crippen molar-refractivity contribution in [3.63, 3.8) is 0 Å². The van der Waals surface area contributed by atoms with Crippen molar-refractivity contribution in [2.75, 3.05) is 7.11 Å². The third-order valence-electron chi connectivity index (χ3n) is 3.32. The van der Waals surface area contributed by atoms with Crippen molar-refractivity contribution in [3.05, 3.63) is 29.3 Å². The molecule has 1 aromatic rings. The first-order valence-electron chi connectivity index (χ1n) is 6.64. The number of hydrogen-bond donors (Lipinski definition) is 2. The zero-order valence-corrected chi connectivity index (χ0v) is 11.5. The normalized spacial score (nSPS) is 14.3. The number of aliphatic hydroxyl groups excluding tert-OH is 2. The Kier molecular flexibility index (Phi) is 6.16. The topological polar surface area (TPSA) is 49.7 Å². The molecule has 102 valence electrons. The Balaban J connectivity index is 2.70. The van der Waals surface area contributed by atoms with E-state index in [0.29, 0.717) is 12.8 Å². The maximum absolute atomic E-state index is 9.78. The van der Waals surface area contributed by atoms with Crippen molar-refractivity contribution >= 4 is 0 Å². The second-order valence-electron chi connectivity index (χ2n) is 4.58. The van der Waals surface area contributed by atoms with Gasteiger partial charge < -0.3 is 14.9 Å². The van der Waals surface area contributed by atoms with E-state index >= 15 is 0 Å². The lowest BCUT2D eigenvalue weighted by Crippen LogP contribution is -2.25. The maximum atomic E-state index is 9.78. The largest absolute Gasteiger partial charge is 0.496 e. The highest BCUT2D eigenvalue weighted by Crippen LogP contribution is 2.22. The summed E-state index contributed by atoms with van der Waals surface area (Å²) in [7, 11) is 1.65. The van der Waals surface area contributed by atoms with Gasteiger partial charge in [0.25, 0.3) is 0 Å². The number of ether oxygens (including phenoxy) is 1. The molecule has 0 aliphatic heterocycles. The monoisotopic (exact) mass is 252 g/mol. The third kappa shape index (κ3) is 4.00. The summed E-state index contributed by atoms with van der Waals surface area (Å²) in [6.07, 6.45) is 1.54. The van der Waals surface area contributed by atoms with E-state index < -0.39 is 12.2 Å². The van der Waals surface area contributed by atoms with Crippen LogP contribution in [0, 0.1) is 0 Å². The van der Waals surface area contributed by atoms with Gasteiger partial charge in [-0.15, -0.1) is 0 Å². The molecule has 0 radical (unpaired) electrons. The van der Waals surface area contributed by atoms with Crippen LogP contribution < -0.4 is 4.74 Å². The van der Waals surface area contributed by atoms with Gasteiger partial charge in [-0.1, -0.05) is 26.0 Å². The van der Waals surface area contributed by atoms with Crippen LogP contribution in [0.25, 0.3) is 0 Å². The van der Waals surface area contributed by atoms with Crippen molar-refractivity contribution in [1.82, 2.24) is 0 Å². The Hall–Kier alpha value is -1.06. The third-order valence-corrected chi connectivity index (χ3v) is 3.32. The van der Waals surface area contributed by atoms with Crippen molar-refractivity contribution in [3.8, 4) is 5.75 Å². The van der Waals surface area contributed by atoms with E-state index in [1.54, 1.807) is 7.11 Å². The lowest BCUT2D eigenvalue weighted by molar-refractivity contribution is 0.0130. The van der Waals surface area contributed by atoms with Crippen LogP contribution in [0.5, 0.6) is 5.75 Å². The first-order chi connectivity index (χ1) is 8.62. The van der Waals surface area contributed by atoms with Gasteiger partial charge >= 0.3 is 0 Å². The molecule has 18 heavy (non-hydrogen) atoms. The molecule has 1 rings (SSSR count). The van der Waals surface area contributed by atoms with Crippen LogP contribution in [-0.2, 0) is 12.8 Å². The minimum absolute atomic E-state index is 0.554. The van der Waals surface area contributed by atoms with E-state index in [9.17, 15) is 10.2 Å². The van der Waals surface area contributed by atoms with E-state index in [0.717, 1.165) is 24.2 Å². The summed E-state index contributed by atoms with van der Waals surface area (Å²) in [5, 5.41) is 19.3. The van der Waals surface area contributed by atoms with Crippen LogP contribution in [0.3, 0.4) is 0 Å². The van der Waals surface area contributed by atoms with Gasteiger partial charge in [0.05, 0.1) is 19.3 Å². The summed E-state index contributed by atoms with van der Waals surface area (Å²) in [6, 6.07) is 6.14. The molecule has 3 nitrogen and oxygen atoms in total. The van der Waals surface area contributed by atoms with Crippen LogP contribution in [0.1, 0.15) is 37.8 Å². The molecule has 0 spiro atoms. The second kappa shape index (κ2) is 7.39. The average molecular weight is 252 g/mol. The molecule has 0 fully saturated rings. The predicted molar refractivity (Wildman–Crippen MR) is 73.0 cm³/mol. The zero-order valence-electron chi connectivity index (χ0n) is 11.5. The van der Waals surface area contributed by atoms with Gasteiger partial charge in [0.15, 0.2) is 0 Å². The Morgan fingerprint density at radius 1 is 1.17 bits per heavy atom. The number of hydrogen-bond acceptors (Lipinski definition) is 3. The molecule has 0 heterocycles. The molecule has 0 saturated heterocycles. The second-order valence-corrected chi connectivity index (χ2v) is 4.58. The van der Waals surface area contributed by atoms with Gasteiger partial charge in [-0.25, -0.2) is 0 Å². The van der Waals surface area contributed by atoms with Crippen LogP contribution in [0.2, 0.25) is 0 Å². The minimum atomic E-state index is -0.662. The Bertz CT molecular complexity index is 363. The summed E-state index contributed by atoms with van der Waals surface area (Å²) in [5.74, 6) is 0.852. The highest BCUT2D eigenvalue weighted by Gasteiger charge is 2.15. The Morgan fingerprint density at radius 2 is 1.89 bits per heavy atom. The first kappa shape index (κ1) is 15.0. The summed E-state index contributed by atoms with van der Waals surface area (Å²) in [5.41, 5.74) is 2.36. The summed E-state index contributed by atoms with van der Waals surface area (Å²) in [6.45, 7) is 3.98. The fourth-order valence-corrected chi connectivity index (χ4v) is 2.02. The molecule has 0 saturated carbocycles. The van der Waals surface area contributed by atoms with Crippen LogP contribution in [0.4, 0.5) is 0 Å². The molecule has 0 amide bonds. The molecule has 0 aliphatic rings. The zero-order chi connectivity index (χ0) is 13.5. The number of aryl methyl sites for hydroxylation is 2. The lowest BCUT2D eigenvalue weighted by Gasteiger charge is -2.17. The number of rotatable bonds is 7. The highest BCUT2D eigenvalue weighted by atomic mass is 16.5. The molecular weight excluding hydrogens is 228 g/mol. The minimum Gasteiger partial charge on any atom is -0.496 e. The van der Waals surface area contributed by atoms with Crippen molar-refractivity contribution in [1.29, 1.82) is 0 Å². The molecule has 0 aromatic heterocycles. The molecule has 0 aliphatic carbocycles. The summed E-state index contributed by atoms with van der Waals surface area (Å²) >= 11 is 0. The quantitative estimate of drug-likeness (QED) is 0.783. The van der Waals surface area contributed by atoms with E-state index in [-0.39, 0.29) is 0 Å². The van der Waals surface area contributed by atoms with E-state index in [1.165, 1.54) is 5.56 Å². The highest BCUT2D eigenvalue weighted by molar-refractivity contribution is 5.37. The van der Waals surface area contributed by atoms with Gasteiger partial charge in [-0.3, -0.25) is 0 Å². The van der Waals surface area contributed by atoms with Crippen molar-refractivity contribution in [2.45, 2.75) is 51.7 Å². The average Bonchev–Trinajstić information content (AvgIpc) is 2.43. The molecule has 2 N–H and O–H groups in total. The van der Waals surface area contributed by atoms with E-state index in [2.05, 4.69) is 19.1 Å². The van der Waals surface area contributed by atoms with E-state index in [1.807, 2.05) is 13.0 Å². The molecule has 1 aromatic carbocycles. The fraction of sp³-hybridized carbons (Fsp3) is 0.600. The number of benzene rings is 1. The van der Waals surface area contributed by atoms with Crippen molar-refractivity contribution < 1.29 is 14.9 Å². The van der Waals surface area contributed by atoms with Gasteiger partial charge in [-0.2, -0.15) is 0 Å². The van der Waals surface area contributed by atoms with Crippen LogP contribution in [-0.4, -0.2) is 29.5 Å². The Morgan fingerprint density at radius 3 is 2.44 bits per heavy atom. The number of aliphatic hydroxyl groups is 2. The summed E-state index contributed by atoms with van der Waals surface area (Å²) < 4.78 is 5.32. The van der Waals surface area contributed by atoms with E-state index in [4.69, 9.17) is 4.74 Å². The fourth-order valence-electron chi connectivity index (χ4n) is 2.02. The van der Waals surface area contributed by atoms with Gasteiger partial charge in [0.1, 0.15) is 5.75 Å². The van der Waals surface area contributed by atoms with Gasteiger partial charge in [0, 0.05) is 0 Å². The molecule has 2 atom stereocenters. The molecule has 3 heteroatoms. The number of methoxy groups -OCH3 is 1. The molecule has 2 unspecified atom stereocenters. The van der Waals surface area contributed by atoms with Gasteiger partial charge in [-0.05, 0) is 42.9 Å². The lowest BCUT2D eigenvalue weighted by atomic mass is 9.99. The predicted octanol–water partition coefficient (Wildman–Crippen LogP) is 2.32. The van der Waals surface area contributed by atoms with Crippen LogP contribution in [0.15, 0.2) is 18.2 Å². The van der Waals surface area contributed by atoms with Crippen LogP contribution >= 0.6 is 0 Å². The molecular formula is C15H24O3. The Labute approximate surface area is 109 Å². The smallest absolute Gasteiger partial charge is 0.122 e.